The first-order valence-corrected chi connectivity index (χ1v) is 6.49. The minimum absolute atomic E-state index is 0.0358. The molecule has 1 aliphatic heterocycles. The van der Waals surface area contributed by atoms with E-state index in [0.717, 1.165) is 33.1 Å². The lowest BCUT2D eigenvalue weighted by molar-refractivity contribution is 0.0909. The Kier molecular flexibility index (Phi) is 3.50. The van der Waals surface area contributed by atoms with E-state index in [2.05, 4.69) is 15.9 Å². The Labute approximate surface area is 101 Å². The highest BCUT2D eigenvalue weighted by atomic mass is 79.9. The van der Waals surface area contributed by atoms with Gasteiger partial charge in [-0.25, -0.2) is 0 Å². The largest absolute Gasteiger partial charge is 0.376 e. The first kappa shape index (κ1) is 10.9. The van der Waals surface area contributed by atoms with Gasteiger partial charge in [-0.3, -0.25) is 0 Å². The van der Waals surface area contributed by atoms with E-state index in [0.29, 0.717) is 0 Å². The highest BCUT2D eigenvalue weighted by Crippen LogP contribution is 2.37. The van der Waals surface area contributed by atoms with Crippen molar-refractivity contribution in [1.82, 2.24) is 0 Å². The maximum atomic E-state index is 6.09. The highest BCUT2D eigenvalue weighted by Gasteiger charge is 2.25. The summed E-state index contributed by atoms with van der Waals surface area (Å²) in [7, 11) is 0. The van der Waals surface area contributed by atoms with Gasteiger partial charge in [-0.1, -0.05) is 11.6 Å². The van der Waals surface area contributed by atoms with Gasteiger partial charge in [-0.05, 0) is 34.8 Å². The van der Waals surface area contributed by atoms with Gasteiger partial charge in [0.2, 0.25) is 0 Å². The maximum absolute atomic E-state index is 6.09. The molecule has 2 unspecified atom stereocenters. The van der Waals surface area contributed by atoms with Gasteiger partial charge in [-0.15, -0.1) is 11.3 Å². The van der Waals surface area contributed by atoms with E-state index >= 15 is 0 Å². The van der Waals surface area contributed by atoms with Crippen molar-refractivity contribution < 1.29 is 4.74 Å². The van der Waals surface area contributed by atoms with Crippen LogP contribution >= 0.6 is 38.9 Å². The standard InChI is InChI=1S/C9H11BrClNOS/c10-9-5(11)4-7(14-9)8(12)6-2-1-3-13-6/h4,6,8H,1-3,12H2. The van der Waals surface area contributed by atoms with E-state index in [-0.39, 0.29) is 12.1 Å². The second kappa shape index (κ2) is 4.49. The van der Waals surface area contributed by atoms with Gasteiger partial charge in [0.1, 0.15) is 0 Å². The first-order valence-electron chi connectivity index (χ1n) is 4.50. The van der Waals surface area contributed by atoms with Crippen LogP contribution in [0.25, 0.3) is 0 Å². The number of rotatable bonds is 2. The van der Waals surface area contributed by atoms with Gasteiger partial charge in [-0.2, -0.15) is 0 Å². The molecule has 2 atom stereocenters. The highest BCUT2D eigenvalue weighted by molar-refractivity contribution is 9.11. The summed E-state index contributed by atoms with van der Waals surface area (Å²) < 4.78 is 6.49. The van der Waals surface area contributed by atoms with Gasteiger partial charge in [0.25, 0.3) is 0 Å². The molecule has 0 bridgehead atoms. The van der Waals surface area contributed by atoms with Gasteiger partial charge >= 0.3 is 0 Å². The predicted molar refractivity (Wildman–Crippen MR) is 62.9 cm³/mol. The minimum atomic E-state index is -0.0358. The average molecular weight is 297 g/mol. The molecule has 1 aromatic heterocycles. The lowest BCUT2D eigenvalue weighted by atomic mass is 10.1. The molecule has 1 fully saturated rings. The van der Waals surface area contributed by atoms with Crippen LogP contribution in [0.5, 0.6) is 0 Å². The lowest BCUT2D eigenvalue weighted by Crippen LogP contribution is -2.24. The van der Waals surface area contributed by atoms with Gasteiger partial charge in [0.05, 0.1) is 21.0 Å². The van der Waals surface area contributed by atoms with Gasteiger partial charge in [0.15, 0.2) is 0 Å². The molecule has 78 valence electrons. The number of halogens is 2. The molecule has 2 heterocycles. The third kappa shape index (κ3) is 2.14. The van der Waals surface area contributed by atoms with Crippen molar-refractivity contribution in [2.45, 2.75) is 25.0 Å². The zero-order valence-corrected chi connectivity index (χ0v) is 10.7. The fourth-order valence-electron chi connectivity index (χ4n) is 1.60. The van der Waals surface area contributed by atoms with Crippen LogP contribution in [-0.4, -0.2) is 12.7 Å². The molecule has 0 amide bonds. The molecule has 2 N–H and O–H groups in total. The number of hydrogen-bond donors (Lipinski definition) is 1. The molecule has 5 heteroatoms. The third-order valence-corrected chi connectivity index (χ3v) is 4.93. The Morgan fingerprint density at radius 1 is 1.71 bits per heavy atom. The summed E-state index contributed by atoms with van der Waals surface area (Å²) in [5.41, 5.74) is 6.09. The van der Waals surface area contributed by atoms with Crippen LogP contribution in [0.2, 0.25) is 5.02 Å². The number of nitrogens with two attached hydrogens (primary N) is 1. The van der Waals surface area contributed by atoms with Crippen LogP contribution < -0.4 is 5.73 Å². The topological polar surface area (TPSA) is 35.2 Å². The molecule has 1 aliphatic rings. The second-order valence-corrected chi connectivity index (χ2v) is 6.16. The van der Waals surface area contributed by atoms with Crippen LogP contribution in [0.3, 0.4) is 0 Å². The predicted octanol–water partition coefficient (Wildman–Crippen LogP) is 3.34. The summed E-state index contributed by atoms with van der Waals surface area (Å²) in [6.45, 7) is 0.832. The average Bonchev–Trinajstić information content (AvgIpc) is 2.76. The normalized spacial score (nSPS) is 24.1. The van der Waals surface area contributed by atoms with Crippen LogP contribution in [0.4, 0.5) is 0 Å². The number of ether oxygens (including phenoxy) is 1. The molecule has 1 saturated heterocycles. The molecule has 1 aromatic rings. The van der Waals surface area contributed by atoms with Crippen molar-refractivity contribution in [1.29, 1.82) is 0 Å². The quantitative estimate of drug-likeness (QED) is 0.908. The fraction of sp³-hybridized carbons (Fsp3) is 0.556. The van der Waals surface area contributed by atoms with Crippen molar-refractivity contribution in [3.05, 3.63) is 19.8 Å². The van der Waals surface area contributed by atoms with E-state index in [1.807, 2.05) is 6.07 Å². The molecule has 2 nitrogen and oxygen atoms in total. The third-order valence-electron chi connectivity index (χ3n) is 2.36. The SMILES string of the molecule is NC(c1cc(Cl)c(Br)s1)C1CCCO1. The van der Waals surface area contributed by atoms with Crippen LogP contribution in [-0.2, 0) is 4.74 Å². The van der Waals surface area contributed by atoms with E-state index in [1.54, 1.807) is 11.3 Å². The van der Waals surface area contributed by atoms with Crippen LogP contribution in [0, 0.1) is 0 Å². The van der Waals surface area contributed by atoms with Crippen molar-refractivity contribution in [3.63, 3.8) is 0 Å². The smallest absolute Gasteiger partial charge is 0.0888 e. The monoisotopic (exact) mass is 295 g/mol. The van der Waals surface area contributed by atoms with Gasteiger partial charge < -0.3 is 10.5 Å². The fourth-order valence-corrected chi connectivity index (χ4v) is 3.40. The van der Waals surface area contributed by atoms with Crippen molar-refractivity contribution in [2.75, 3.05) is 6.61 Å². The summed E-state index contributed by atoms with van der Waals surface area (Å²) in [6.07, 6.45) is 2.32. The molecule has 2 rings (SSSR count). The van der Waals surface area contributed by atoms with Gasteiger partial charge in [0, 0.05) is 11.5 Å². The molecule has 14 heavy (non-hydrogen) atoms. The molecule has 0 aromatic carbocycles. The number of thiophene rings is 1. The minimum Gasteiger partial charge on any atom is -0.376 e. The summed E-state index contributed by atoms with van der Waals surface area (Å²) in [4.78, 5) is 1.09. The number of hydrogen-bond acceptors (Lipinski definition) is 3. The Bertz CT molecular complexity index is 305. The van der Waals surface area contributed by atoms with E-state index in [4.69, 9.17) is 22.1 Å². The summed E-state index contributed by atoms with van der Waals surface area (Å²) >= 11 is 10.9. The Hall–Kier alpha value is 0.390. The molecular formula is C9H11BrClNOS. The molecule has 0 saturated carbocycles. The summed E-state index contributed by atoms with van der Waals surface area (Å²) in [5.74, 6) is 0. The summed E-state index contributed by atoms with van der Waals surface area (Å²) in [6, 6.07) is 1.88. The van der Waals surface area contributed by atoms with Crippen LogP contribution in [0.1, 0.15) is 23.8 Å². The first-order chi connectivity index (χ1) is 6.68. The maximum Gasteiger partial charge on any atom is 0.0888 e. The zero-order valence-electron chi connectivity index (χ0n) is 7.50. The van der Waals surface area contributed by atoms with Crippen LogP contribution in [0.15, 0.2) is 9.85 Å². The van der Waals surface area contributed by atoms with Crippen molar-refractivity contribution >= 4 is 38.9 Å². The second-order valence-electron chi connectivity index (χ2n) is 3.35. The van der Waals surface area contributed by atoms with Crippen molar-refractivity contribution in [3.8, 4) is 0 Å². The zero-order chi connectivity index (χ0) is 10.1. The lowest BCUT2D eigenvalue weighted by Gasteiger charge is -2.16. The molecule has 0 radical (unpaired) electrons. The van der Waals surface area contributed by atoms with E-state index in [9.17, 15) is 0 Å². The Morgan fingerprint density at radius 2 is 2.50 bits per heavy atom. The molecule has 0 aliphatic carbocycles. The van der Waals surface area contributed by atoms with E-state index < -0.39 is 0 Å². The van der Waals surface area contributed by atoms with E-state index in [1.165, 1.54) is 0 Å². The Balaban J connectivity index is 2.13. The molecular weight excluding hydrogens is 286 g/mol. The molecule has 0 spiro atoms. The Morgan fingerprint density at radius 3 is 3.00 bits per heavy atom. The summed E-state index contributed by atoms with van der Waals surface area (Å²) in [5, 5.41) is 0.735. The van der Waals surface area contributed by atoms with Crippen molar-refractivity contribution in [2.24, 2.45) is 5.73 Å².